The molecular weight excluding hydrogens is 504 g/mol. The number of para-hydroxylation sites is 2. The molecule has 0 fully saturated rings. The molecule has 0 bridgehead atoms. The minimum absolute atomic E-state index is 0.0268. The molecule has 40 heavy (non-hydrogen) atoms. The van der Waals surface area contributed by atoms with Crippen LogP contribution < -0.4 is 14.8 Å². The summed E-state index contributed by atoms with van der Waals surface area (Å²) in [7, 11) is 0. The molecule has 4 rings (SSSR count). The van der Waals surface area contributed by atoms with E-state index in [1.807, 2.05) is 121 Å². The fourth-order valence-corrected chi connectivity index (χ4v) is 4.38. The van der Waals surface area contributed by atoms with Crippen molar-refractivity contribution in [2.45, 2.75) is 18.2 Å². The van der Waals surface area contributed by atoms with Gasteiger partial charge in [0.05, 0.1) is 12.6 Å². The molecule has 4 aromatic rings. The maximum Gasteiger partial charge on any atom is 0.234 e. The van der Waals surface area contributed by atoms with Gasteiger partial charge in [-0.15, -0.1) is 0 Å². The zero-order valence-electron chi connectivity index (χ0n) is 22.4. The van der Waals surface area contributed by atoms with Crippen LogP contribution in [-0.2, 0) is 4.79 Å². The number of aliphatic hydroxyl groups excluding tert-OH is 2. The standard InChI is InChI=1S/C33H36N2O5/c36-28(24-39-30-17-9-3-10-18-30)21-35(22-29(37)25-40-31-19-11-4-12-20-31)23-32(38)34-33(26-13-5-1-6-14-26)27-15-7-2-8-16-27/h1-20,28-29,33,36-37H,21-25H2,(H,34,38)/t28-,29-/m1/s1. The SMILES string of the molecule is O=C(CN(C[C@@H](O)COc1ccccc1)C[C@@H](O)COc1ccccc1)NC(c1ccccc1)c1ccccc1. The number of hydrogen-bond acceptors (Lipinski definition) is 6. The molecule has 4 aromatic carbocycles. The van der Waals surface area contributed by atoms with E-state index in [9.17, 15) is 15.0 Å². The Labute approximate surface area is 235 Å². The Morgan fingerprint density at radius 1 is 0.625 bits per heavy atom. The summed E-state index contributed by atoms with van der Waals surface area (Å²) >= 11 is 0. The Kier molecular flexibility index (Phi) is 11.1. The van der Waals surface area contributed by atoms with Crippen molar-refractivity contribution in [2.24, 2.45) is 0 Å². The fraction of sp³-hybridized carbons (Fsp3) is 0.242. The quantitative estimate of drug-likeness (QED) is 0.211. The second-order valence-corrected chi connectivity index (χ2v) is 9.57. The summed E-state index contributed by atoms with van der Waals surface area (Å²) in [4.78, 5) is 15.1. The predicted molar refractivity (Wildman–Crippen MR) is 155 cm³/mol. The Bertz CT molecular complexity index is 1170. The number of aliphatic hydroxyl groups is 2. The summed E-state index contributed by atoms with van der Waals surface area (Å²) in [6.45, 7) is 0.333. The van der Waals surface area contributed by atoms with Gasteiger partial charge in [-0.25, -0.2) is 0 Å². The van der Waals surface area contributed by atoms with Gasteiger partial charge in [0.15, 0.2) is 0 Å². The molecule has 0 saturated heterocycles. The summed E-state index contributed by atoms with van der Waals surface area (Å²) in [5.74, 6) is 1.07. The summed E-state index contributed by atoms with van der Waals surface area (Å²) in [5, 5.41) is 24.6. The van der Waals surface area contributed by atoms with E-state index in [2.05, 4.69) is 5.32 Å². The van der Waals surface area contributed by atoms with Gasteiger partial charge in [0, 0.05) is 13.1 Å². The second-order valence-electron chi connectivity index (χ2n) is 9.57. The number of amides is 1. The summed E-state index contributed by atoms with van der Waals surface area (Å²) in [5.41, 5.74) is 1.92. The molecular formula is C33H36N2O5. The van der Waals surface area contributed by atoms with Gasteiger partial charge in [0.25, 0.3) is 0 Å². The highest BCUT2D eigenvalue weighted by atomic mass is 16.5. The summed E-state index contributed by atoms with van der Waals surface area (Å²) in [6, 6.07) is 37.7. The molecule has 0 aliphatic rings. The van der Waals surface area contributed by atoms with E-state index in [-0.39, 0.29) is 44.8 Å². The molecule has 1 amide bonds. The molecule has 2 atom stereocenters. The van der Waals surface area contributed by atoms with Crippen molar-refractivity contribution in [3.8, 4) is 11.5 Å². The van der Waals surface area contributed by atoms with Crippen LogP contribution in [0.25, 0.3) is 0 Å². The minimum Gasteiger partial charge on any atom is -0.491 e. The number of rotatable bonds is 15. The van der Waals surface area contributed by atoms with E-state index in [4.69, 9.17) is 9.47 Å². The first-order valence-electron chi connectivity index (χ1n) is 13.4. The van der Waals surface area contributed by atoms with Gasteiger partial charge in [-0.1, -0.05) is 97.1 Å². The lowest BCUT2D eigenvalue weighted by Crippen LogP contribution is -2.46. The lowest BCUT2D eigenvalue weighted by atomic mass is 9.98. The van der Waals surface area contributed by atoms with Crippen LogP contribution in [0.15, 0.2) is 121 Å². The molecule has 0 spiro atoms. The third-order valence-corrected chi connectivity index (χ3v) is 6.25. The number of carbonyl (C=O) groups excluding carboxylic acids is 1. The third kappa shape index (κ3) is 9.54. The highest BCUT2D eigenvalue weighted by Gasteiger charge is 2.22. The minimum atomic E-state index is -0.880. The molecule has 0 aromatic heterocycles. The van der Waals surface area contributed by atoms with Crippen LogP contribution in [0.5, 0.6) is 11.5 Å². The topological polar surface area (TPSA) is 91.3 Å². The van der Waals surface area contributed by atoms with Crippen LogP contribution in [0.4, 0.5) is 0 Å². The van der Waals surface area contributed by atoms with Gasteiger partial charge in [-0.05, 0) is 35.4 Å². The Morgan fingerprint density at radius 3 is 1.40 bits per heavy atom. The monoisotopic (exact) mass is 540 g/mol. The molecule has 208 valence electrons. The molecule has 0 aliphatic heterocycles. The molecule has 0 heterocycles. The van der Waals surface area contributed by atoms with Crippen molar-refractivity contribution in [2.75, 3.05) is 32.8 Å². The number of nitrogens with one attached hydrogen (secondary N) is 1. The average Bonchev–Trinajstić information content (AvgIpc) is 2.99. The van der Waals surface area contributed by atoms with Crippen LogP contribution >= 0.6 is 0 Å². The van der Waals surface area contributed by atoms with E-state index < -0.39 is 12.2 Å². The number of benzene rings is 4. The number of nitrogens with zero attached hydrogens (tertiary/aromatic N) is 1. The highest BCUT2D eigenvalue weighted by Crippen LogP contribution is 2.21. The lowest BCUT2D eigenvalue weighted by Gasteiger charge is -2.28. The predicted octanol–water partition coefficient (Wildman–Crippen LogP) is 4.07. The second kappa shape index (κ2) is 15.4. The van der Waals surface area contributed by atoms with Gasteiger partial charge in [-0.2, -0.15) is 0 Å². The fourth-order valence-electron chi connectivity index (χ4n) is 4.38. The normalized spacial score (nSPS) is 12.6. The van der Waals surface area contributed by atoms with E-state index in [0.29, 0.717) is 11.5 Å². The van der Waals surface area contributed by atoms with E-state index in [1.54, 1.807) is 4.90 Å². The molecule has 0 unspecified atom stereocenters. The van der Waals surface area contributed by atoms with E-state index in [0.717, 1.165) is 11.1 Å². The molecule has 7 nitrogen and oxygen atoms in total. The van der Waals surface area contributed by atoms with Crippen LogP contribution in [0.3, 0.4) is 0 Å². The Morgan fingerprint density at radius 2 is 1.00 bits per heavy atom. The van der Waals surface area contributed by atoms with Gasteiger partial charge < -0.3 is 25.0 Å². The molecule has 0 aliphatic carbocycles. The van der Waals surface area contributed by atoms with Crippen LogP contribution in [-0.4, -0.2) is 66.1 Å². The van der Waals surface area contributed by atoms with Gasteiger partial charge in [0.1, 0.15) is 36.9 Å². The number of ether oxygens (including phenoxy) is 2. The number of hydrogen-bond donors (Lipinski definition) is 3. The maximum atomic E-state index is 13.4. The molecule has 3 N–H and O–H groups in total. The zero-order valence-corrected chi connectivity index (χ0v) is 22.4. The first-order chi connectivity index (χ1) is 19.6. The smallest absolute Gasteiger partial charge is 0.234 e. The maximum absolute atomic E-state index is 13.4. The lowest BCUT2D eigenvalue weighted by molar-refractivity contribution is -0.123. The van der Waals surface area contributed by atoms with Gasteiger partial charge in [0.2, 0.25) is 5.91 Å². The Balaban J connectivity index is 1.41. The van der Waals surface area contributed by atoms with Gasteiger partial charge in [-0.3, -0.25) is 9.69 Å². The van der Waals surface area contributed by atoms with Crippen molar-refractivity contribution in [1.29, 1.82) is 0 Å². The van der Waals surface area contributed by atoms with Gasteiger partial charge >= 0.3 is 0 Å². The molecule has 0 radical (unpaired) electrons. The Hall–Kier alpha value is -4.17. The first kappa shape index (κ1) is 28.8. The number of carbonyl (C=O) groups is 1. The van der Waals surface area contributed by atoms with Crippen molar-refractivity contribution >= 4 is 5.91 Å². The van der Waals surface area contributed by atoms with Crippen molar-refractivity contribution < 1.29 is 24.5 Å². The molecule has 0 saturated carbocycles. The van der Waals surface area contributed by atoms with Crippen LogP contribution in [0.2, 0.25) is 0 Å². The largest absolute Gasteiger partial charge is 0.491 e. The van der Waals surface area contributed by atoms with Crippen molar-refractivity contribution in [3.63, 3.8) is 0 Å². The van der Waals surface area contributed by atoms with Crippen LogP contribution in [0.1, 0.15) is 17.2 Å². The van der Waals surface area contributed by atoms with Crippen LogP contribution in [0, 0.1) is 0 Å². The zero-order chi connectivity index (χ0) is 28.0. The molecule has 7 heteroatoms. The van der Waals surface area contributed by atoms with E-state index >= 15 is 0 Å². The van der Waals surface area contributed by atoms with E-state index in [1.165, 1.54) is 0 Å². The van der Waals surface area contributed by atoms with Crippen molar-refractivity contribution in [1.82, 2.24) is 10.2 Å². The first-order valence-corrected chi connectivity index (χ1v) is 13.4. The third-order valence-electron chi connectivity index (χ3n) is 6.25. The highest BCUT2D eigenvalue weighted by molar-refractivity contribution is 5.79. The summed E-state index contributed by atoms with van der Waals surface area (Å²) < 4.78 is 11.4. The van der Waals surface area contributed by atoms with Crippen molar-refractivity contribution in [3.05, 3.63) is 132 Å². The average molecular weight is 541 g/mol. The summed E-state index contributed by atoms with van der Waals surface area (Å²) in [6.07, 6.45) is -1.76.